The highest BCUT2D eigenvalue weighted by Crippen LogP contribution is 2.39. The van der Waals surface area contributed by atoms with E-state index >= 15 is 0 Å². The number of rotatable bonds is 4. The lowest BCUT2D eigenvalue weighted by molar-refractivity contribution is -0.129. The van der Waals surface area contributed by atoms with Gasteiger partial charge in [0.1, 0.15) is 0 Å². The zero-order valence-corrected chi connectivity index (χ0v) is 13.0. The monoisotopic (exact) mass is 302 g/mol. The van der Waals surface area contributed by atoms with Gasteiger partial charge >= 0.3 is 0 Å². The number of carbonyl (C=O) groups is 1. The molecule has 6 heteroatoms. The van der Waals surface area contributed by atoms with Gasteiger partial charge in [-0.05, 0) is 37.5 Å². The molecule has 1 amide bonds. The molecule has 3 rings (SSSR count). The van der Waals surface area contributed by atoms with Gasteiger partial charge in [0, 0.05) is 26.6 Å². The predicted molar refractivity (Wildman–Crippen MR) is 85.2 cm³/mol. The SMILES string of the molecule is CN1C(=O)CCC1(C)c1ccc2c(c1)nc(N)n2CCCO. The van der Waals surface area contributed by atoms with Crippen LogP contribution in [0, 0.1) is 0 Å². The number of carbonyl (C=O) groups excluding carboxylic acids is 1. The normalized spacial score (nSPS) is 22.0. The molecule has 6 nitrogen and oxygen atoms in total. The molecule has 1 aliphatic rings. The molecule has 2 heterocycles. The second-order valence-electron chi connectivity index (χ2n) is 6.13. The van der Waals surface area contributed by atoms with Crippen LogP contribution < -0.4 is 5.73 Å². The number of nitrogens with zero attached hydrogens (tertiary/aromatic N) is 3. The van der Waals surface area contributed by atoms with Gasteiger partial charge in [-0.1, -0.05) is 6.07 Å². The fourth-order valence-electron chi connectivity index (χ4n) is 3.25. The second-order valence-corrected chi connectivity index (χ2v) is 6.13. The minimum Gasteiger partial charge on any atom is -0.396 e. The lowest BCUT2D eigenvalue weighted by Crippen LogP contribution is -2.37. The zero-order chi connectivity index (χ0) is 15.9. The van der Waals surface area contributed by atoms with Gasteiger partial charge in [0.15, 0.2) is 0 Å². The summed E-state index contributed by atoms with van der Waals surface area (Å²) in [6.45, 7) is 2.86. The van der Waals surface area contributed by atoms with E-state index in [9.17, 15) is 4.79 Å². The number of aliphatic hydroxyl groups is 1. The first-order valence-corrected chi connectivity index (χ1v) is 7.61. The maximum Gasteiger partial charge on any atom is 0.223 e. The molecule has 0 aliphatic carbocycles. The van der Waals surface area contributed by atoms with Gasteiger partial charge in [0.25, 0.3) is 0 Å². The van der Waals surface area contributed by atoms with Gasteiger partial charge in [0.05, 0.1) is 16.6 Å². The van der Waals surface area contributed by atoms with Crippen LogP contribution in [-0.4, -0.2) is 39.1 Å². The maximum absolute atomic E-state index is 11.9. The van der Waals surface area contributed by atoms with Gasteiger partial charge in [-0.3, -0.25) is 4.79 Å². The van der Waals surface area contributed by atoms with Crippen LogP contribution in [-0.2, 0) is 16.9 Å². The zero-order valence-electron chi connectivity index (χ0n) is 13.0. The first-order chi connectivity index (χ1) is 10.5. The highest BCUT2D eigenvalue weighted by atomic mass is 16.3. The van der Waals surface area contributed by atoms with Gasteiger partial charge in [-0.2, -0.15) is 0 Å². The number of hydrogen-bond donors (Lipinski definition) is 2. The van der Waals surface area contributed by atoms with Crippen molar-refractivity contribution in [2.24, 2.45) is 0 Å². The summed E-state index contributed by atoms with van der Waals surface area (Å²) < 4.78 is 1.92. The first kappa shape index (κ1) is 14.8. The summed E-state index contributed by atoms with van der Waals surface area (Å²) in [5, 5.41) is 8.99. The number of imidazole rings is 1. The number of aliphatic hydroxyl groups excluding tert-OH is 1. The number of benzene rings is 1. The van der Waals surface area contributed by atoms with Crippen molar-refractivity contribution in [1.82, 2.24) is 14.5 Å². The van der Waals surface area contributed by atoms with Crippen LogP contribution >= 0.6 is 0 Å². The summed E-state index contributed by atoms with van der Waals surface area (Å²) in [6, 6.07) is 6.08. The quantitative estimate of drug-likeness (QED) is 0.895. The van der Waals surface area contributed by atoms with Gasteiger partial charge < -0.3 is 20.3 Å². The molecule has 0 bridgehead atoms. The predicted octanol–water partition coefficient (Wildman–Crippen LogP) is 1.47. The maximum atomic E-state index is 11.9. The number of nitrogens with two attached hydrogens (primary N) is 1. The van der Waals surface area contributed by atoms with Gasteiger partial charge in [-0.15, -0.1) is 0 Å². The van der Waals surface area contributed by atoms with Crippen LogP contribution in [0.2, 0.25) is 0 Å². The molecule has 22 heavy (non-hydrogen) atoms. The molecule has 118 valence electrons. The Kier molecular flexibility index (Phi) is 3.56. The lowest BCUT2D eigenvalue weighted by Gasteiger charge is -2.32. The topological polar surface area (TPSA) is 84.4 Å². The van der Waals surface area contributed by atoms with Crippen LogP contribution in [0.5, 0.6) is 0 Å². The third-order valence-electron chi connectivity index (χ3n) is 4.88. The van der Waals surface area contributed by atoms with Crippen LogP contribution in [0.4, 0.5) is 5.95 Å². The van der Waals surface area contributed by atoms with Crippen LogP contribution in [0.15, 0.2) is 18.2 Å². The number of nitrogen functional groups attached to an aromatic ring is 1. The molecule has 1 aliphatic heterocycles. The van der Waals surface area contributed by atoms with E-state index in [4.69, 9.17) is 10.8 Å². The number of fused-ring (bicyclic) bond motifs is 1. The van der Waals surface area contributed by atoms with Crippen molar-refractivity contribution in [3.8, 4) is 0 Å². The summed E-state index contributed by atoms with van der Waals surface area (Å²) in [5.41, 5.74) is 8.58. The van der Waals surface area contributed by atoms with E-state index < -0.39 is 0 Å². The minimum atomic E-state index is -0.283. The van der Waals surface area contributed by atoms with Crippen molar-refractivity contribution in [2.45, 2.75) is 38.3 Å². The van der Waals surface area contributed by atoms with E-state index in [1.165, 1.54) is 0 Å². The number of amides is 1. The summed E-state index contributed by atoms with van der Waals surface area (Å²) in [7, 11) is 1.85. The molecule has 1 atom stereocenters. The number of aryl methyl sites for hydroxylation is 1. The number of aromatic nitrogens is 2. The molecule has 0 spiro atoms. The molecule has 1 aromatic heterocycles. The van der Waals surface area contributed by atoms with E-state index in [-0.39, 0.29) is 18.1 Å². The van der Waals surface area contributed by atoms with Crippen molar-refractivity contribution in [3.63, 3.8) is 0 Å². The Morgan fingerprint density at radius 2 is 2.23 bits per heavy atom. The third kappa shape index (κ3) is 2.14. The van der Waals surface area contributed by atoms with Gasteiger partial charge in [0.2, 0.25) is 11.9 Å². The average Bonchev–Trinajstić information content (AvgIpc) is 2.96. The van der Waals surface area contributed by atoms with Crippen LogP contribution in [0.1, 0.15) is 31.7 Å². The van der Waals surface area contributed by atoms with Crippen LogP contribution in [0.25, 0.3) is 11.0 Å². The average molecular weight is 302 g/mol. The van der Waals surface area contributed by atoms with Crippen molar-refractivity contribution >= 4 is 22.9 Å². The lowest BCUT2D eigenvalue weighted by atomic mass is 9.89. The largest absolute Gasteiger partial charge is 0.396 e. The van der Waals surface area contributed by atoms with Crippen LogP contribution in [0.3, 0.4) is 0 Å². The molecular weight excluding hydrogens is 280 g/mol. The molecular formula is C16H22N4O2. The Morgan fingerprint density at radius 3 is 2.86 bits per heavy atom. The van der Waals surface area contributed by atoms with Crippen molar-refractivity contribution in [1.29, 1.82) is 0 Å². The summed E-state index contributed by atoms with van der Waals surface area (Å²) in [5.74, 6) is 0.636. The van der Waals surface area contributed by atoms with E-state index in [0.29, 0.717) is 25.3 Å². The molecule has 0 radical (unpaired) electrons. The Balaban J connectivity index is 2.03. The Labute approximate surface area is 129 Å². The van der Waals surface area contributed by atoms with Gasteiger partial charge in [-0.25, -0.2) is 4.98 Å². The summed E-state index contributed by atoms with van der Waals surface area (Å²) >= 11 is 0. The van der Waals surface area contributed by atoms with E-state index in [1.807, 2.05) is 34.7 Å². The summed E-state index contributed by atoms with van der Waals surface area (Å²) in [6.07, 6.45) is 2.04. The molecule has 1 unspecified atom stereocenters. The molecule has 1 saturated heterocycles. The Morgan fingerprint density at radius 1 is 1.45 bits per heavy atom. The molecule has 3 N–H and O–H groups in total. The molecule has 0 saturated carbocycles. The Hall–Kier alpha value is -2.08. The molecule has 1 fully saturated rings. The fourth-order valence-corrected chi connectivity index (χ4v) is 3.25. The highest BCUT2D eigenvalue weighted by molar-refractivity contribution is 5.82. The Bertz CT molecular complexity index is 724. The molecule has 1 aromatic carbocycles. The van der Waals surface area contributed by atoms with E-state index in [0.717, 1.165) is 23.0 Å². The summed E-state index contributed by atoms with van der Waals surface area (Å²) in [4.78, 5) is 18.1. The smallest absolute Gasteiger partial charge is 0.223 e. The van der Waals surface area contributed by atoms with Crippen molar-refractivity contribution in [3.05, 3.63) is 23.8 Å². The standard InChI is InChI=1S/C16H22N4O2/c1-16(7-6-14(22)19(16)2)11-4-5-13-12(10-11)18-15(17)20(13)8-3-9-21/h4-5,10,21H,3,6-9H2,1-2H3,(H2,17,18). The minimum absolute atomic E-state index is 0.127. The molecule has 2 aromatic rings. The van der Waals surface area contributed by atoms with E-state index in [1.54, 1.807) is 0 Å². The van der Waals surface area contributed by atoms with E-state index in [2.05, 4.69) is 11.9 Å². The number of hydrogen-bond acceptors (Lipinski definition) is 4. The second kappa shape index (κ2) is 5.28. The first-order valence-electron chi connectivity index (χ1n) is 7.61. The number of likely N-dealkylation sites (tertiary alicyclic amines) is 1. The fraction of sp³-hybridized carbons (Fsp3) is 0.500. The van der Waals surface area contributed by atoms with Crippen molar-refractivity contribution in [2.75, 3.05) is 19.4 Å². The van der Waals surface area contributed by atoms with Crippen molar-refractivity contribution < 1.29 is 9.90 Å². The third-order valence-corrected chi connectivity index (χ3v) is 4.88. The number of anilines is 1. The highest BCUT2D eigenvalue weighted by Gasteiger charge is 2.40.